The Morgan fingerprint density at radius 3 is 2.41 bits per heavy atom. The van der Waals surface area contributed by atoms with E-state index in [2.05, 4.69) is 5.32 Å². The molecular formula is C13H16F3N. The lowest BCUT2D eigenvalue weighted by Gasteiger charge is -2.14. The molecule has 4 heteroatoms. The van der Waals surface area contributed by atoms with Gasteiger partial charge in [0.2, 0.25) is 0 Å². The Morgan fingerprint density at radius 1 is 1.29 bits per heavy atom. The first kappa shape index (κ1) is 13.8. The van der Waals surface area contributed by atoms with Crippen molar-refractivity contribution in [2.75, 3.05) is 7.05 Å². The van der Waals surface area contributed by atoms with Crippen molar-refractivity contribution in [3.8, 4) is 0 Å². The van der Waals surface area contributed by atoms with Gasteiger partial charge in [0.05, 0.1) is 5.56 Å². The number of rotatable bonds is 3. The maximum Gasteiger partial charge on any atom is 0.416 e. The van der Waals surface area contributed by atoms with Gasteiger partial charge in [0.25, 0.3) is 0 Å². The fraction of sp³-hybridized carbons (Fsp3) is 0.385. The molecule has 17 heavy (non-hydrogen) atoms. The van der Waals surface area contributed by atoms with Crippen LogP contribution < -0.4 is 5.32 Å². The van der Waals surface area contributed by atoms with Gasteiger partial charge in [-0.3, -0.25) is 0 Å². The van der Waals surface area contributed by atoms with E-state index in [1.165, 1.54) is 12.1 Å². The molecule has 1 aromatic carbocycles. The van der Waals surface area contributed by atoms with E-state index in [9.17, 15) is 13.2 Å². The Balaban J connectivity index is 3.15. The molecule has 0 radical (unpaired) electrons. The van der Waals surface area contributed by atoms with Crippen molar-refractivity contribution < 1.29 is 13.2 Å². The smallest absolute Gasteiger partial charge is 0.314 e. The summed E-state index contributed by atoms with van der Waals surface area (Å²) in [6.07, 6.45) is -2.74. The lowest BCUT2D eigenvalue weighted by atomic mass is 10.0. The van der Waals surface area contributed by atoms with Gasteiger partial charge >= 0.3 is 6.18 Å². The van der Waals surface area contributed by atoms with Crippen molar-refractivity contribution in [2.45, 2.75) is 26.1 Å². The van der Waals surface area contributed by atoms with Crippen LogP contribution in [-0.2, 0) is 6.18 Å². The highest BCUT2D eigenvalue weighted by Crippen LogP contribution is 2.32. The molecule has 94 valence electrons. The molecule has 0 aliphatic rings. The third-order valence-electron chi connectivity index (χ3n) is 2.77. The standard InChI is InChI=1S/C13H16F3N/c1-9(10(2)17-3)8-11-6-4-5-7-12(11)13(14,15)16/h4-8,10,17H,1-3H3/b9-8+. The van der Waals surface area contributed by atoms with E-state index in [1.807, 2.05) is 13.8 Å². The maximum absolute atomic E-state index is 12.7. The van der Waals surface area contributed by atoms with Gasteiger partial charge in [-0.15, -0.1) is 0 Å². The normalized spacial score (nSPS) is 14.8. The summed E-state index contributed by atoms with van der Waals surface area (Å²) in [4.78, 5) is 0. The van der Waals surface area contributed by atoms with Gasteiger partial charge in [-0.25, -0.2) is 0 Å². The monoisotopic (exact) mass is 243 g/mol. The number of alkyl halides is 3. The van der Waals surface area contributed by atoms with Crippen LogP contribution in [0, 0.1) is 0 Å². The van der Waals surface area contributed by atoms with Gasteiger partial charge in [-0.05, 0) is 32.5 Å². The van der Waals surface area contributed by atoms with Crippen molar-refractivity contribution in [2.24, 2.45) is 0 Å². The van der Waals surface area contributed by atoms with E-state index >= 15 is 0 Å². The molecule has 1 unspecified atom stereocenters. The molecule has 0 saturated heterocycles. The molecule has 0 aromatic heterocycles. The Kier molecular flexibility index (Phi) is 4.34. The van der Waals surface area contributed by atoms with Gasteiger partial charge < -0.3 is 5.32 Å². The van der Waals surface area contributed by atoms with E-state index in [4.69, 9.17) is 0 Å². The summed E-state index contributed by atoms with van der Waals surface area (Å²) in [6.45, 7) is 3.72. The summed E-state index contributed by atoms with van der Waals surface area (Å²) in [6, 6.07) is 5.64. The molecule has 1 aromatic rings. The summed E-state index contributed by atoms with van der Waals surface area (Å²) in [5, 5.41) is 2.99. The second-order valence-electron chi connectivity index (χ2n) is 3.98. The fourth-order valence-corrected chi connectivity index (χ4v) is 1.48. The Bertz CT molecular complexity index is 407. The number of benzene rings is 1. The van der Waals surface area contributed by atoms with Gasteiger partial charge in [-0.1, -0.05) is 29.8 Å². The van der Waals surface area contributed by atoms with E-state index in [1.54, 1.807) is 19.2 Å². The molecule has 0 aliphatic carbocycles. The first-order valence-corrected chi connectivity index (χ1v) is 5.38. The van der Waals surface area contributed by atoms with Crippen LogP contribution in [-0.4, -0.2) is 13.1 Å². The fourth-order valence-electron chi connectivity index (χ4n) is 1.48. The summed E-state index contributed by atoms with van der Waals surface area (Å²) in [5.74, 6) is 0. The second kappa shape index (κ2) is 5.36. The topological polar surface area (TPSA) is 12.0 Å². The zero-order chi connectivity index (χ0) is 13.1. The molecular weight excluding hydrogens is 227 g/mol. The van der Waals surface area contributed by atoms with Crippen molar-refractivity contribution in [3.63, 3.8) is 0 Å². The maximum atomic E-state index is 12.7. The summed E-state index contributed by atoms with van der Waals surface area (Å²) >= 11 is 0. The first-order chi connectivity index (χ1) is 7.86. The number of hydrogen-bond donors (Lipinski definition) is 1. The summed E-state index contributed by atoms with van der Waals surface area (Å²) in [5.41, 5.74) is 0.478. The highest BCUT2D eigenvalue weighted by atomic mass is 19.4. The van der Waals surface area contributed by atoms with Crippen molar-refractivity contribution in [1.29, 1.82) is 0 Å². The van der Waals surface area contributed by atoms with Crippen molar-refractivity contribution >= 4 is 6.08 Å². The van der Waals surface area contributed by atoms with Gasteiger partial charge in [-0.2, -0.15) is 13.2 Å². The zero-order valence-corrected chi connectivity index (χ0v) is 10.1. The predicted octanol–water partition coefficient (Wildman–Crippen LogP) is 3.72. The van der Waals surface area contributed by atoms with Gasteiger partial charge in [0, 0.05) is 6.04 Å². The van der Waals surface area contributed by atoms with Crippen LogP contribution in [0.4, 0.5) is 13.2 Å². The molecule has 0 saturated carbocycles. The lowest BCUT2D eigenvalue weighted by Crippen LogP contribution is -2.22. The van der Waals surface area contributed by atoms with Crippen LogP contribution in [0.25, 0.3) is 6.08 Å². The zero-order valence-electron chi connectivity index (χ0n) is 10.1. The average molecular weight is 243 g/mol. The minimum absolute atomic E-state index is 0.0521. The Morgan fingerprint density at radius 2 is 1.88 bits per heavy atom. The number of hydrogen-bond acceptors (Lipinski definition) is 1. The Hall–Kier alpha value is -1.29. The Labute approximate surface area is 99.3 Å². The number of likely N-dealkylation sites (N-methyl/N-ethyl adjacent to an activating group) is 1. The van der Waals surface area contributed by atoms with E-state index < -0.39 is 11.7 Å². The highest BCUT2D eigenvalue weighted by molar-refractivity contribution is 5.58. The van der Waals surface area contributed by atoms with Crippen LogP contribution in [0.2, 0.25) is 0 Å². The minimum atomic E-state index is -4.31. The van der Waals surface area contributed by atoms with Crippen LogP contribution in [0.1, 0.15) is 25.0 Å². The van der Waals surface area contributed by atoms with Gasteiger partial charge in [0.1, 0.15) is 0 Å². The summed E-state index contributed by atoms with van der Waals surface area (Å²) in [7, 11) is 1.78. The summed E-state index contributed by atoms with van der Waals surface area (Å²) < 4.78 is 38.2. The van der Waals surface area contributed by atoms with Crippen LogP contribution in [0.5, 0.6) is 0 Å². The molecule has 1 atom stereocenters. The largest absolute Gasteiger partial charge is 0.416 e. The second-order valence-corrected chi connectivity index (χ2v) is 3.98. The highest BCUT2D eigenvalue weighted by Gasteiger charge is 2.32. The molecule has 1 nitrogen and oxygen atoms in total. The number of halogens is 3. The molecule has 0 aliphatic heterocycles. The van der Waals surface area contributed by atoms with Crippen molar-refractivity contribution in [3.05, 3.63) is 41.0 Å². The quantitative estimate of drug-likeness (QED) is 0.853. The average Bonchev–Trinajstić information content (AvgIpc) is 2.27. The van der Waals surface area contributed by atoms with E-state index in [0.717, 1.165) is 11.6 Å². The third kappa shape index (κ3) is 3.60. The van der Waals surface area contributed by atoms with Crippen LogP contribution in [0.3, 0.4) is 0 Å². The van der Waals surface area contributed by atoms with E-state index in [-0.39, 0.29) is 11.6 Å². The first-order valence-electron chi connectivity index (χ1n) is 5.38. The molecule has 1 N–H and O–H groups in total. The predicted molar refractivity (Wildman–Crippen MR) is 63.6 cm³/mol. The molecule has 0 spiro atoms. The van der Waals surface area contributed by atoms with Gasteiger partial charge in [0.15, 0.2) is 0 Å². The minimum Gasteiger partial charge on any atom is -0.314 e. The molecule has 0 fully saturated rings. The lowest BCUT2D eigenvalue weighted by molar-refractivity contribution is -0.137. The molecule has 0 heterocycles. The molecule has 1 rings (SSSR count). The number of nitrogens with one attached hydrogen (secondary N) is 1. The SMILES string of the molecule is CNC(C)/C(C)=C/c1ccccc1C(F)(F)F. The van der Waals surface area contributed by atoms with Crippen LogP contribution >= 0.6 is 0 Å². The van der Waals surface area contributed by atoms with Crippen molar-refractivity contribution in [1.82, 2.24) is 5.32 Å². The van der Waals surface area contributed by atoms with Crippen LogP contribution in [0.15, 0.2) is 29.8 Å². The molecule has 0 bridgehead atoms. The van der Waals surface area contributed by atoms with E-state index in [0.29, 0.717) is 0 Å². The molecule has 0 amide bonds. The third-order valence-corrected chi connectivity index (χ3v) is 2.77.